The molecule has 0 aliphatic heterocycles. The van der Waals surface area contributed by atoms with E-state index in [2.05, 4.69) is 61.6 Å². The molecule has 2 aromatic rings. The largest absolute Gasteiger partial charge is 0.496 e. The first-order valence-electron chi connectivity index (χ1n) is 7.26. The lowest BCUT2D eigenvalue weighted by molar-refractivity contribution is 0.411. The Morgan fingerprint density at radius 3 is 2.52 bits per heavy atom. The van der Waals surface area contributed by atoms with Gasteiger partial charge < -0.3 is 10.1 Å². The minimum atomic E-state index is 0.495. The summed E-state index contributed by atoms with van der Waals surface area (Å²) in [6.45, 7) is 5.22. The predicted molar refractivity (Wildman–Crippen MR) is 91.0 cm³/mol. The lowest BCUT2D eigenvalue weighted by atomic mass is 10.1. The molecule has 0 amide bonds. The van der Waals surface area contributed by atoms with E-state index in [1.54, 1.807) is 7.11 Å². The van der Waals surface area contributed by atoms with Gasteiger partial charge in [-0.25, -0.2) is 0 Å². The fourth-order valence-electron chi connectivity index (χ4n) is 2.05. The summed E-state index contributed by atoms with van der Waals surface area (Å²) >= 11 is 1.84. The Balaban J connectivity index is 2.06. The third kappa shape index (κ3) is 5.10. The second-order valence-corrected chi connectivity index (χ2v) is 6.33. The van der Waals surface area contributed by atoms with Gasteiger partial charge in [0.15, 0.2) is 0 Å². The third-order valence-corrected chi connectivity index (χ3v) is 4.26. The van der Waals surface area contributed by atoms with Gasteiger partial charge in [-0.1, -0.05) is 38.1 Å². The molecule has 2 rings (SSSR count). The Bertz CT molecular complexity index is 554. The van der Waals surface area contributed by atoms with Gasteiger partial charge in [-0.3, -0.25) is 0 Å². The van der Waals surface area contributed by atoms with E-state index in [0.29, 0.717) is 6.04 Å². The van der Waals surface area contributed by atoms with Crippen LogP contribution in [0.3, 0.4) is 0 Å². The van der Waals surface area contributed by atoms with Gasteiger partial charge in [0, 0.05) is 28.8 Å². The second kappa shape index (κ2) is 8.11. The summed E-state index contributed by atoms with van der Waals surface area (Å²) in [6, 6.07) is 17.4. The highest BCUT2D eigenvalue weighted by Gasteiger charge is 2.06. The van der Waals surface area contributed by atoms with Crippen LogP contribution in [-0.2, 0) is 12.3 Å². The molecule has 0 unspecified atom stereocenters. The van der Waals surface area contributed by atoms with Crippen LogP contribution in [0, 0.1) is 0 Å². The van der Waals surface area contributed by atoms with E-state index in [0.717, 1.165) is 18.0 Å². The minimum absolute atomic E-state index is 0.495. The smallest absolute Gasteiger partial charge is 0.122 e. The standard InChI is InChI=1S/C18H23NOS/c1-14(2)19-12-15-9-10-18(20-3)16(11-15)13-21-17-7-5-4-6-8-17/h4-11,14,19H,12-13H2,1-3H3. The van der Waals surface area contributed by atoms with Crippen LogP contribution in [0.2, 0.25) is 0 Å². The van der Waals surface area contributed by atoms with Crippen LogP contribution < -0.4 is 10.1 Å². The van der Waals surface area contributed by atoms with Crippen molar-refractivity contribution in [3.8, 4) is 5.75 Å². The molecule has 0 heterocycles. The van der Waals surface area contributed by atoms with Crippen molar-refractivity contribution in [1.29, 1.82) is 0 Å². The molecule has 2 aromatic carbocycles. The molecule has 3 heteroatoms. The lowest BCUT2D eigenvalue weighted by Gasteiger charge is -2.12. The van der Waals surface area contributed by atoms with E-state index >= 15 is 0 Å². The molecule has 0 fully saturated rings. The van der Waals surface area contributed by atoms with Crippen LogP contribution in [0.25, 0.3) is 0 Å². The maximum Gasteiger partial charge on any atom is 0.122 e. The molecule has 0 radical (unpaired) electrons. The van der Waals surface area contributed by atoms with E-state index in [9.17, 15) is 0 Å². The van der Waals surface area contributed by atoms with Gasteiger partial charge in [-0.05, 0) is 29.8 Å². The van der Waals surface area contributed by atoms with Gasteiger partial charge >= 0.3 is 0 Å². The van der Waals surface area contributed by atoms with Crippen LogP contribution in [0.5, 0.6) is 5.75 Å². The van der Waals surface area contributed by atoms with Crippen LogP contribution in [-0.4, -0.2) is 13.2 Å². The van der Waals surface area contributed by atoms with E-state index in [4.69, 9.17) is 4.74 Å². The average molecular weight is 301 g/mol. The van der Waals surface area contributed by atoms with Gasteiger partial charge in [0.05, 0.1) is 7.11 Å². The number of methoxy groups -OCH3 is 1. The molecule has 0 aliphatic rings. The molecule has 0 aliphatic carbocycles. The third-order valence-electron chi connectivity index (χ3n) is 3.20. The summed E-state index contributed by atoms with van der Waals surface area (Å²) < 4.78 is 5.48. The van der Waals surface area contributed by atoms with Crippen molar-refractivity contribution in [3.63, 3.8) is 0 Å². The molecule has 2 nitrogen and oxygen atoms in total. The number of rotatable bonds is 7. The number of hydrogen-bond acceptors (Lipinski definition) is 3. The summed E-state index contributed by atoms with van der Waals surface area (Å²) in [5.74, 6) is 1.88. The summed E-state index contributed by atoms with van der Waals surface area (Å²) in [4.78, 5) is 1.28. The average Bonchev–Trinajstić information content (AvgIpc) is 2.52. The van der Waals surface area contributed by atoms with Crippen molar-refractivity contribution in [2.45, 2.75) is 37.1 Å². The zero-order chi connectivity index (χ0) is 15.1. The fraction of sp³-hybridized carbons (Fsp3) is 0.333. The fourth-order valence-corrected chi connectivity index (χ4v) is 2.95. The Morgan fingerprint density at radius 1 is 1.10 bits per heavy atom. The van der Waals surface area contributed by atoms with Crippen LogP contribution >= 0.6 is 11.8 Å². The first-order chi connectivity index (χ1) is 10.2. The van der Waals surface area contributed by atoms with Crippen molar-refractivity contribution >= 4 is 11.8 Å². The molecule has 0 aromatic heterocycles. The van der Waals surface area contributed by atoms with E-state index in [-0.39, 0.29) is 0 Å². The summed E-state index contributed by atoms with van der Waals surface area (Å²) in [5.41, 5.74) is 2.54. The Kier molecular flexibility index (Phi) is 6.15. The zero-order valence-corrected chi connectivity index (χ0v) is 13.7. The molecule has 0 saturated heterocycles. The molecule has 1 N–H and O–H groups in total. The van der Waals surface area contributed by atoms with Crippen LogP contribution in [0.15, 0.2) is 53.4 Å². The van der Waals surface area contributed by atoms with Crippen molar-refractivity contribution < 1.29 is 4.74 Å². The molecular weight excluding hydrogens is 278 g/mol. The first-order valence-corrected chi connectivity index (χ1v) is 8.24. The van der Waals surface area contributed by atoms with E-state index in [1.165, 1.54) is 16.0 Å². The predicted octanol–water partition coefficient (Wildman–Crippen LogP) is 4.49. The zero-order valence-electron chi connectivity index (χ0n) is 12.9. The lowest BCUT2D eigenvalue weighted by Crippen LogP contribution is -2.21. The summed E-state index contributed by atoms with van der Waals surface area (Å²) in [7, 11) is 1.73. The van der Waals surface area contributed by atoms with Gasteiger partial charge in [0.1, 0.15) is 5.75 Å². The van der Waals surface area contributed by atoms with Gasteiger partial charge in [-0.2, -0.15) is 0 Å². The molecular formula is C18H23NOS. The van der Waals surface area contributed by atoms with Crippen molar-refractivity contribution in [2.75, 3.05) is 7.11 Å². The van der Waals surface area contributed by atoms with Crippen LogP contribution in [0.4, 0.5) is 0 Å². The highest BCUT2D eigenvalue weighted by molar-refractivity contribution is 7.98. The molecule has 112 valence electrons. The Hall–Kier alpha value is -1.45. The number of nitrogens with one attached hydrogen (secondary N) is 1. The number of thioether (sulfide) groups is 1. The summed E-state index contributed by atoms with van der Waals surface area (Å²) in [6.07, 6.45) is 0. The maximum atomic E-state index is 5.48. The van der Waals surface area contributed by atoms with Gasteiger partial charge in [0.2, 0.25) is 0 Å². The molecule has 21 heavy (non-hydrogen) atoms. The van der Waals surface area contributed by atoms with Gasteiger partial charge in [0.25, 0.3) is 0 Å². The highest BCUT2D eigenvalue weighted by Crippen LogP contribution is 2.28. The normalized spacial score (nSPS) is 10.9. The second-order valence-electron chi connectivity index (χ2n) is 5.28. The highest BCUT2D eigenvalue weighted by atomic mass is 32.2. The molecule has 0 bridgehead atoms. The van der Waals surface area contributed by atoms with Crippen molar-refractivity contribution in [1.82, 2.24) is 5.32 Å². The quantitative estimate of drug-likeness (QED) is 0.762. The minimum Gasteiger partial charge on any atom is -0.496 e. The maximum absolute atomic E-state index is 5.48. The number of benzene rings is 2. The summed E-state index contributed by atoms with van der Waals surface area (Å²) in [5, 5.41) is 3.45. The van der Waals surface area contributed by atoms with E-state index in [1.807, 2.05) is 17.8 Å². The molecule has 0 saturated carbocycles. The van der Waals surface area contributed by atoms with Crippen LogP contribution in [0.1, 0.15) is 25.0 Å². The number of ether oxygens (including phenoxy) is 1. The Morgan fingerprint density at radius 2 is 1.86 bits per heavy atom. The monoisotopic (exact) mass is 301 g/mol. The Labute approximate surface area is 131 Å². The van der Waals surface area contributed by atoms with Crippen molar-refractivity contribution in [2.24, 2.45) is 0 Å². The van der Waals surface area contributed by atoms with Crippen molar-refractivity contribution in [3.05, 3.63) is 59.7 Å². The van der Waals surface area contributed by atoms with E-state index < -0.39 is 0 Å². The first kappa shape index (κ1) is 15.9. The SMILES string of the molecule is COc1ccc(CNC(C)C)cc1CSc1ccccc1. The molecule has 0 spiro atoms. The number of hydrogen-bond donors (Lipinski definition) is 1. The molecule has 0 atom stereocenters. The topological polar surface area (TPSA) is 21.3 Å². The van der Waals surface area contributed by atoms with Gasteiger partial charge in [-0.15, -0.1) is 11.8 Å².